The number of hydrogen-bond donors (Lipinski definition) is 1. The highest BCUT2D eigenvalue weighted by Crippen LogP contribution is 2.19. The zero-order chi connectivity index (χ0) is 9.10. The molecule has 0 aromatic carbocycles. The van der Waals surface area contributed by atoms with Crippen LogP contribution in [0.3, 0.4) is 0 Å². The largest absolute Gasteiger partial charge is 0.313 e. The predicted octanol–water partition coefficient (Wildman–Crippen LogP) is 2.61. The average molecular weight is 247 g/mol. The van der Waals surface area contributed by atoms with Crippen LogP contribution >= 0.6 is 24.8 Å². The lowest BCUT2D eigenvalue weighted by molar-refractivity contribution is 0.736. The van der Waals surface area contributed by atoms with Crippen LogP contribution in [0.25, 0.3) is 5.57 Å². The summed E-state index contributed by atoms with van der Waals surface area (Å²) in [5.41, 5.74) is 3.83. The molecular formula is C11H16Cl2N2. The van der Waals surface area contributed by atoms with Crippen molar-refractivity contribution in [2.24, 2.45) is 0 Å². The minimum atomic E-state index is 0. The minimum Gasteiger partial charge on any atom is -0.313 e. The Kier molecular flexibility index (Phi) is 6.57. The number of rotatable bonds is 1. The van der Waals surface area contributed by atoms with Gasteiger partial charge >= 0.3 is 0 Å². The van der Waals surface area contributed by atoms with E-state index in [1.807, 2.05) is 12.3 Å². The Morgan fingerprint density at radius 3 is 2.73 bits per heavy atom. The van der Waals surface area contributed by atoms with Crippen molar-refractivity contribution in [1.29, 1.82) is 0 Å². The first kappa shape index (κ1) is 14.4. The summed E-state index contributed by atoms with van der Waals surface area (Å²) in [6, 6.07) is 4.10. The minimum absolute atomic E-state index is 0. The smallest absolute Gasteiger partial charge is 0.0688 e. The number of hydrogen-bond acceptors (Lipinski definition) is 2. The maximum Gasteiger partial charge on any atom is 0.0688 e. The molecule has 2 heterocycles. The summed E-state index contributed by atoms with van der Waals surface area (Å²) in [6.45, 7) is 4.17. The number of nitrogens with one attached hydrogen (secondary N) is 1. The second-order valence-corrected chi connectivity index (χ2v) is 3.35. The summed E-state index contributed by atoms with van der Waals surface area (Å²) >= 11 is 0. The van der Waals surface area contributed by atoms with Gasteiger partial charge in [-0.2, -0.15) is 0 Å². The molecule has 1 N–H and O–H groups in total. The van der Waals surface area contributed by atoms with Gasteiger partial charge in [0.05, 0.1) is 5.69 Å². The molecule has 0 saturated carbocycles. The number of pyridine rings is 1. The quantitative estimate of drug-likeness (QED) is 0.825. The molecule has 1 aliphatic rings. The highest BCUT2D eigenvalue weighted by Gasteiger charge is 2.08. The summed E-state index contributed by atoms with van der Waals surface area (Å²) in [7, 11) is 0. The topological polar surface area (TPSA) is 24.9 Å². The Hall–Kier alpha value is -0.570. The number of nitrogens with zero attached hydrogens (tertiary/aromatic N) is 1. The van der Waals surface area contributed by atoms with E-state index in [1.54, 1.807) is 0 Å². The van der Waals surface area contributed by atoms with E-state index in [-0.39, 0.29) is 24.8 Å². The molecule has 15 heavy (non-hydrogen) atoms. The van der Waals surface area contributed by atoms with Crippen molar-refractivity contribution in [2.75, 3.05) is 13.1 Å². The second-order valence-electron chi connectivity index (χ2n) is 3.35. The third kappa shape index (κ3) is 3.49. The van der Waals surface area contributed by atoms with E-state index in [1.165, 1.54) is 16.8 Å². The molecule has 1 aromatic heterocycles. The average Bonchev–Trinajstić information content (AvgIpc) is 2.20. The summed E-state index contributed by atoms with van der Waals surface area (Å²) in [6.07, 6.45) is 5.20. The van der Waals surface area contributed by atoms with Crippen LogP contribution in [0.2, 0.25) is 0 Å². The SMILES string of the molecule is Cc1cccnc1C1=CCNCC1.Cl.Cl. The molecule has 0 radical (unpaired) electrons. The summed E-state index contributed by atoms with van der Waals surface area (Å²) in [4.78, 5) is 4.41. The van der Waals surface area contributed by atoms with Crippen LogP contribution in [-0.4, -0.2) is 18.1 Å². The van der Waals surface area contributed by atoms with Crippen molar-refractivity contribution < 1.29 is 0 Å². The zero-order valence-corrected chi connectivity index (χ0v) is 10.3. The molecule has 84 valence electrons. The monoisotopic (exact) mass is 246 g/mol. The van der Waals surface area contributed by atoms with E-state index < -0.39 is 0 Å². The van der Waals surface area contributed by atoms with E-state index >= 15 is 0 Å². The first-order valence-electron chi connectivity index (χ1n) is 4.69. The van der Waals surface area contributed by atoms with Crippen molar-refractivity contribution in [3.8, 4) is 0 Å². The summed E-state index contributed by atoms with van der Waals surface area (Å²) in [5.74, 6) is 0. The Labute approximate surface area is 103 Å². The molecule has 0 unspecified atom stereocenters. The van der Waals surface area contributed by atoms with Gasteiger partial charge in [0, 0.05) is 12.7 Å². The molecule has 0 fully saturated rings. The van der Waals surface area contributed by atoms with Gasteiger partial charge in [-0.15, -0.1) is 24.8 Å². The van der Waals surface area contributed by atoms with Gasteiger partial charge in [0.25, 0.3) is 0 Å². The zero-order valence-electron chi connectivity index (χ0n) is 8.69. The number of aryl methyl sites for hydroxylation is 1. The fourth-order valence-electron chi connectivity index (χ4n) is 1.66. The lowest BCUT2D eigenvalue weighted by Gasteiger charge is -2.14. The normalized spacial score (nSPS) is 14.6. The highest BCUT2D eigenvalue weighted by atomic mass is 35.5. The van der Waals surface area contributed by atoms with Crippen molar-refractivity contribution >= 4 is 30.4 Å². The van der Waals surface area contributed by atoms with Gasteiger partial charge in [-0.25, -0.2) is 0 Å². The van der Waals surface area contributed by atoms with Crippen LogP contribution < -0.4 is 5.32 Å². The Morgan fingerprint density at radius 1 is 1.33 bits per heavy atom. The molecule has 0 saturated heterocycles. The van der Waals surface area contributed by atoms with Crippen molar-refractivity contribution in [1.82, 2.24) is 10.3 Å². The molecule has 1 aromatic rings. The molecule has 0 bridgehead atoms. The Bertz CT molecular complexity index is 337. The van der Waals surface area contributed by atoms with E-state index in [4.69, 9.17) is 0 Å². The molecular weight excluding hydrogens is 231 g/mol. The van der Waals surface area contributed by atoms with Gasteiger partial charge in [-0.3, -0.25) is 4.98 Å². The first-order chi connectivity index (χ1) is 6.38. The predicted molar refractivity (Wildman–Crippen MR) is 68.9 cm³/mol. The molecule has 0 amide bonds. The van der Waals surface area contributed by atoms with Crippen LogP contribution in [0.4, 0.5) is 0 Å². The summed E-state index contributed by atoms with van der Waals surface area (Å²) < 4.78 is 0. The molecule has 0 aliphatic carbocycles. The fourth-order valence-corrected chi connectivity index (χ4v) is 1.66. The number of halogens is 2. The standard InChI is InChI=1S/C11H14N2.2ClH/c1-9-3-2-6-13-11(9)10-4-7-12-8-5-10;;/h2-4,6,12H,5,7-8H2,1H3;2*1H. The third-order valence-corrected chi connectivity index (χ3v) is 2.38. The molecule has 2 rings (SSSR count). The second kappa shape index (κ2) is 6.83. The van der Waals surface area contributed by atoms with Gasteiger partial charge < -0.3 is 5.32 Å². The lowest BCUT2D eigenvalue weighted by Crippen LogP contribution is -2.20. The fraction of sp³-hybridized carbons (Fsp3) is 0.364. The first-order valence-corrected chi connectivity index (χ1v) is 4.69. The molecule has 2 nitrogen and oxygen atoms in total. The van der Waals surface area contributed by atoms with Gasteiger partial charge in [0.2, 0.25) is 0 Å². The van der Waals surface area contributed by atoms with E-state index in [2.05, 4.69) is 29.4 Å². The third-order valence-electron chi connectivity index (χ3n) is 2.38. The number of aromatic nitrogens is 1. The maximum absolute atomic E-state index is 4.41. The van der Waals surface area contributed by atoms with Gasteiger partial charge in [0.1, 0.15) is 0 Å². The maximum atomic E-state index is 4.41. The van der Waals surface area contributed by atoms with Crippen LogP contribution in [0.15, 0.2) is 24.4 Å². The molecule has 0 spiro atoms. The van der Waals surface area contributed by atoms with E-state index in [0.29, 0.717) is 0 Å². The van der Waals surface area contributed by atoms with E-state index in [0.717, 1.165) is 19.5 Å². The lowest BCUT2D eigenvalue weighted by atomic mass is 10.0. The summed E-state index contributed by atoms with van der Waals surface area (Å²) in [5, 5.41) is 3.30. The Morgan fingerprint density at radius 2 is 2.13 bits per heavy atom. The molecule has 0 atom stereocenters. The van der Waals surface area contributed by atoms with Gasteiger partial charge in [-0.05, 0) is 37.1 Å². The molecule has 4 heteroatoms. The highest BCUT2D eigenvalue weighted by molar-refractivity contribution is 5.85. The van der Waals surface area contributed by atoms with Crippen molar-refractivity contribution in [3.63, 3.8) is 0 Å². The van der Waals surface area contributed by atoms with Gasteiger partial charge in [0.15, 0.2) is 0 Å². The van der Waals surface area contributed by atoms with Crippen LogP contribution in [0.1, 0.15) is 17.7 Å². The van der Waals surface area contributed by atoms with Crippen LogP contribution in [0, 0.1) is 6.92 Å². The van der Waals surface area contributed by atoms with Crippen LogP contribution in [0.5, 0.6) is 0 Å². The Balaban J connectivity index is 0.000000980. The van der Waals surface area contributed by atoms with Crippen LogP contribution in [-0.2, 0) is 0 Å². The van der Waals surface area contributed by atoms with Crippen molar-refractivity contribution in [2.45, 2.75) is 13.3 Å². The molecule has 1 aliphatic heterocycles. The van der Waals surface area contributed by atoms with E-state index in [9.17, 15) is 0 Å². The van der Waals surface area contributed by atoms with Gasteiger partial charge in [-0.1, -0.05) is 12.1 Å². The van der Waals surface area contributed by atoms with Crippen molar-refractivity contribution in [3.05, 3.63) is 35.7 Å².